The molecule has 0 aromatic heterocycles. The van der Waals surface area contributed by atoms with Crippen LogP contribution < -0.4 is 25.6 Å². The number of carbonyl (C=O) groups is 1. The van der Waals surface area contributed by atoms with Crippen molar-refractivity contribution < 1.29 is 18.7 Å². The van der Waals surface area contributed by atoms with Crippen molar-refractivity contribution in [2.24, 2.45) is 0 Å². The minimum atomic E-state index is -0.280. The molecular weight excluding hydrogens is 325 g/mol. The number of hydrogen-bond acceptors (Lipinski definition) is 5. The molecule has 2 aromatic carbocycles. The highest BCUT2D eigenvalue weighted by atomic mass is 19.1. The zero-order chi connectivity index (χ0) is 17.8. The zero-order valence-electron chi connectivity index (χ0n) is 14.0. The van der Waals surface area contributed by atoms with Crippen LogP contribution in [0.4, 0.5) is 4.39 Å². The van der Waals surface area contributed by atoms with Crippen molar-refractivity contribution in [3.8, 4) is 11.5 Å². The third kappa shape index (κ3) is 3.89. The zero-order valence-corrected chi connectivity index (χ0v) is 14.0. The molecule has 3 rings (SSSR count). The lowest BCUT2D eigenvalue weighted by Gasteiger charge is -2.14. The van der Waals surface area contributed by atoms with Gasteiger partial charge in [0.25, 0.3) is 5.91 Å². The van der Waals surface area contributed by atoms with Gasteiger partial charge in [0, 0.05) is 18.0 Å². The van der Waals surface area contributed by atoms with Crippen molar-refractivity contribution in [1.82, 2.24) is 16.2 Å². The van der Waals surface area contributed by atoms with E-state index in [0.29, 0.717) is 23.5 Å². The molecule has 1 saturated heterocycles. The predicted molar refractivity (Wildman–Crippen MR) is 90.8 cm³/mol. The molecular formula is C18H20FN3O3. The average molecular weight is 345 g/mol. The van der Waals surface area contributed by atoms with E-state index in [1.54, 1.807) is 24.3 Å². The molecule has 1 heterocycles. The Bertz CT molecular complexity index is 769. The van der Waals surface area contributed by atoms with Gasteiger partial charge in [-0.25, -0.2) is 15.2 Å². The van der Waals surface area contributed by atoms with Crippen molar-refractivity contribution in [2.75, 3.05) is 14.2 Å². The van der Waals surface area contributed by atoms with E-state index in [1.807, 2.05) is 6.07 Å². The molecule has 0 saturated carbocycles. The maximum Gasteiger partial charge on any atom is 0.252 e. The van der Waals surface area contributed by atoms with Gasteiger partial charge in [-0.3, -0.25) is 4.79 Å². The second-order valence-electron chi connectivity index (χ2n) is 5.73. The van der Waals surface area contributed by atoms with Crippen LogP contribution in [0, 0.1) is 5.82 Å². The quantitative estimate of drug-likeness (QED) is 0.774. The van der Waals surface area contributed by atoms with E-state index < -0.39 is 0 Å². The molecule has 0 spiro atoms. The van der Waals surface area contributed by atoms with Crippen molar-refractivity contribution in [1.29, 1.82) is 0 Å². The van der Waals surface area contributed by atoms with Gasteiger partial charge in [0.15, 0.2) is 11.5 Å². The van der Waals surface area contributed by atoms with E-state index in [4.69, 9.17) is 9.47 Å². The standard InChI is InChI=1S/C18H20FN3O3/c1-24-15-7-6-12(9-16(15)25-2)18(23)20-17-10-14(21-22-17)11-4-3-5-13(19)8-11/h3-9,14,17,21-22H,10H2,1-2H3,(H,20,23). The number of hydrogen-bond donors (Lipinski definition) is 3. The minimum absolute atomic E-state index is 0.0774. The summed E-state index contributed by atoms with van der Waals surface area (Å²) in [5, 5.41) is 2.90. The summed E-state index contributed by atoms with van der Waals surface area (Å²) in [6, 6.07) is 11.3. The van der Waals surface area contributed by atoms with E-state index in [9.17, 15) is 9.18 Å². The molecule has 0 bridgehead atoms. The second kappa shape index (κ2) is 7.50. The van der Waals surface area contributed by atoms with Gasteiger partial charge in [0.2, 0.25) is 0 Å². The number of hydrazine groups is 1. The summed E-state index contributed by atoms with van der Waals surface area (Å²) >= 11 is 0. The van der Waals surface area contributed by atoms with Gasteiger partial charge in [0.1, 0.15) is 5.82 Å². The SMILES string of the molecule is COc1ccc(C(=O)NC2CC(c3cccc(F)c3)NN2)cc1OC. The lowest BCUT2D eigenvalue weighted by molar-refractivity contribution is 0.0932. The Kier molecular flexibility index (Phi) is 5.16. The van der Waals surface area contributed by atoms with Crippen molar-refractivity contribution in [3.63, 3.8) is 0 Å². The molecule has 1 fully saturated rings. The number of benzene rings is 2. The molecule has 132 valence electrons. The largest absolute Gasteiger partial charge is 0.493 e. The maximum absolute atomic E-state index is 13.3. The van der Waals surface area contributed by atoms with Crippen LogP contribution in [-0.2, 0) is 0 Å². The van der Waals surface area contributed by atoms with Gasteiger partial charge in [-0.1, -0.05) is 12.1 Å². The van der Waals surface area contributed by atoms with Crippen LogP contribution in [0.3, 0.4) is 0 Å². The molecule has 6 nitrogen and oxygen atoms in total. The molecule has 1 aliphatic heterocycles. The Morgan fingerprint density at radius 2 is 1.92 bits per heavy atom. The number of nitrogens with one attached hydrogen (secondary N) is 3. The number of methoxy groups -OCH3 is 2. The molecule has 2 aromatic rings. The van der Waals surface area contributed by atoms with Crippen molar-refractivity contribution in [2.45, 2.75) is 18.6 Å². The van der Waals surface area contributed by atoms with Crippen molar-refractivity contribution in [3.05, 3.63) is 59.4 Å². The first kappa shape index (κ1) is 17.2. The first-order valence-electron chi connectivity index (χ1n) is 7.90. The smallest absolute Gasteiger partial charge is 0.252 e. The highest BCUT2D eigenvalue weighted by Crippen LogP contribution is 2.28. The van der Waals surface area contributed by atoms with Crippen LogP contribution in [0.15, 0.2) is 42.5 Å². The lowest BCUT2D eigenvalue weighted by Crippen LogP contribution is -2.44. The van der Waals surface area contributed by atoms with Crippen LogP contribution in [0.5, 0.6) is 11.5 Å². The van der Waals surface area contributed by atoms with Gasteiger partial charge >= 0.3 is 0 Å². The number of carbonyl (C=O) groups excluding carboxylic acids is 1. The van der Waals surface area contributed by atoms with Crippen LogP contribution in [-0.4, -0.2) is 26.3 Å². The van der Waals surface area contributed by atoms with Gasteiger partial charge in [-0.2, -0.15) is 0 Å². The van der Waals surface area contributed by atoms with Gasteiger partial charge in [-0.15, -0.1) is 0 Å². The fourth-order valence-electron chi connectivity index (χ4n) is 2.81. The van der Waals surface area contributed by atoms with Crippen LogP contribution in [0.1, 0.15) is 28.4 Å². The summed E-state index contributed by atoms with van der Waals surface area (Å²) in [6.07, 6.45) is 0.330. The normalized spacial score (nSPS) is 19.5. The highest BCUT2D eigenvalue weighted by molar-refractivity contribution is 5.95. The Labute approximate surface area is 145 Å². The highest BCUT2D eigenvalue weighted by Gasteiger charge is 2.26. The first-order valence-corrected chi connectivity index (χ1v) is 7.90. The number of rotatable bonds is 5. The Hall–Kier alpha value is -2.64. The van der Waals surface area contributed by atoms with Gasteiger partial charge in [0.05, 0.1) is 20.4 Å². The molecule has 25 heavy (non-hydrogen) atoms. The fraction of sp³-hybridized carbons (Fsp3) is 0.278. The van der Waals surface area contributed by atoms with E-state index >= 15 is 0 Å². The molecule has 0 aliphatic carbocycles. The van der Waals surface area contributed by atoms with E-state index in [2.05, 4.69) is 16.2 Å². The summed E-state index contributed by atoms with van der Waals surface area (Å²) in [4.78, 5) is 12.4. The summed E-state index contributed by atoms with van der Waals surface area (Å²) < 4.78 is 23.7. The summed E-state index contributed by atoms with van der Waals surface area (Å²) in [6.45, 7) is 0. The van der Waals surface area contributed by atoms with Crippen molar-refractivity contribution >= 4 is 5.91 Å². The Balaban J connectivity index is 1.64. The van der Waals surface area contributed by atoms with Crippen LogP contribution in [0.25, 0.3) is 0 Å². The number of halogens is 1. The first-order chi connectivity index (χ1) is 12.1. The summed E-state index contributed by atoms with van der Waals surface area (Å²) in [5.74, 6) is 0.536. The monoisotopic (exact) mass is 345 g/mol. The second-order valence-corrected chi connectivity index (χ2v) is 5.73. The van der Waals surface area contributed by atoms with Crippen LogP contribution >= 0.6 is 0 Å². The lowest BCUT2D eigenvalue weighted by atomic mass is 10.0. The summed E-state index contributed by atoms with van der Waals surface area (Å²) in [5.41, 5.74) is 7.38. The molecule has 2 unspecified atom stereocenters. The fourth-order valence-corrected chi connectivity index (χ4v) is 2.81. The predicted octanol–water partition coefficient (Wildman–Crippen LogP) is 2.14. The van der Waals surface area contributed by atoms with E-state index in [0.717, 1.165) is 5.56 Å². The molecule has 0 radical (unpaired) electrons. The van der Waals surface area contributed by atoms with E-state index in [-0.39, 0.29) is 23.9 Å². The average Bonchev–Trinajstić information content (AvgIpc) is 3.09. The molecule has 3 N–H and O–H groups in total. The topological polar surface area (TPSA) is 71.6 Å². The third-order valence-corrected chi connectivity index (χ3v) is 4.11. The minimum Gasteiger partial charge on any atom is -0.493 e. The molecule has 1 amide bonds. The molecule has 7 heteroatoms. The van der Waals surface area contributed by atoms with Gasteiger partial charge < -0.3 is 14.8 Å². The van der Waals surface area contributed by atoms with Crippen LogP contribution in [0.2, 0.25) is 0 Å². The number of ether oxygens (including phenoxy) is 2. The third-order valence-electron chi connectivity index (χ3n) is 4.11. The van der Waals surface area contributed by atoms with E-state index in [1.165, 1.54) is 26.4 Å². The maximum atomic E-state index is 13.3. The Morgan fingerprint density at radius 3 is 2.64 bits per heavy atom. The van der Waals surface area contributed by atoms with Gasteiger partial charge in [-0.05, 0) is 35.9 Å². The summed E-state index contributed by atoms with van der Waals surface area (Å²) in [7, 11) is 3.06. The molecule has 2 atom stereocenters. The Morgan fingerprint density at radius 1 is 1.12 bits per heavy atom. The molecule has 1 aliphatic rings. The number of amides is 1.